The molecule has 0 unspecified atom stereocenters. The van der Waals surface area contributed by atoms with Crippen LogP contribution < -0.4 is 0 Å². The second kappa shape index (κ2) is 8.28. The van der Waals surface area contributed by atoms with Crippen LogP contribution in [-0.4, -0.2) is 69.1 Å². The summed E-state index contributed by atoms with van der Waals surface area (Å²) in [6.07, 6.45) is 7.36. The second-order valence-corrected chi connectivity index (χ2v) is 8.32. The maximum Gasteiger partial charge on any atom is 0.198 e. The molecule has 2 aliphatic heterocycles. The van der Waals surface area contributed by atoms with Gasteiger partial charge in [0.2, 0.25) is 0 Å². The van der Waals surface area contributed by atoms with Gasteiger partial charge in [-0.3, -0.25) is 14.4 Å². The molecule has 0 amide bonds. The first-order valence-corrected chi connectivity index (χ1v) is 10.9. The van der Waals surface area contributed by atoms with E-state index in [-0.39, 0.29) is 5.88 Å². The summed E-state index contributed by atoms with van der Waals surface area (Å²) in [4.78, 5) is 21.5. The molecule has 2 saturated heterocycles. The number of aldehydes is 1. The molecular weight excluding hydrogens is 394 g/mol. The molecule has 8 nitrogen and oxygen atoms in total. The number of benzene rings is 1. The highest BCUT2D eigenvalue weighted by Crippen LogP contribution is 2.31. The number of H-pyrrole nitrogens is 1. The maximum atomic E-state index is 11.2. The zero-order valence-corrected chi connectivity index (χ0v) is 17.6. The van der Waals surface area contributed by atoms with Crippen molar-refractivity contribution in [2.24, 2.45) is 4.99 Å². The summed E-state index contributed by atoms with van der Waals surface area (Å²) in [5, 5.41) is 15.9. The fraction of sp³-hybridized carbons (Fsp3) is 0.435. The van der Waals surface area contributed by atoms with Crippen molar-refractivity contribution in [1.82, 2.24) is 19.7 Å². The summed E-state index contributed by atoms with van der Waals surface area (Å²) < 4.78 is 7.35. The van der Waals surface area contributed by atoms with Crippen molar-refractivity contribution in [3.05, 3.63) is 41.7 Å². The zero-order chi connectivity index (χ0) is 21.4. The Hall–Kier alpha value is -2.97. The number of rotatable bonds is 6. The van der Waals surface area contributed by atoms with Crippen LogP contribution in [0.3, 0.4) is 0 Å². The molecule has 2 aromatic heterocycles. The van der Waals surface area contributed by atoms with Gasteiger partial charge in [-0.2, -0.15) is 5.10 Å². The molecule has 0 atom stereocenters. The van der Waals surface area contributed by atoms with Crippen LogP contribution in [0.5, 0.6) is 5.88 Å². The summed E-state index contributed by atoms with van der Waals surface area (Å²) in [6, 6.07) is 6.28. The Morgan fingerprint density at radius 3 is 2.81 bits per heavy atom. The highest BCUT2D eigenvalue weighted by Gasteiger charge is 2.30. The molecule has 1 aromatic carbocycles. The number of aliphatic imine (C=N–C) groups is 1. The molecule has 4 heterocycles. The maximum absolute atomic E-state index is 11.2. The molecule has 0 saturated carbocycles. The number of fused-ring (bicyclic) bond motifs is 1. The van der Waals surface area contributed by atoms with Crippen molar-refractivity contribution < 1.29 is 14.6 Å². The Labute approximate surface area is 180 Å². The lowest BCUT2D eigenvalue weighted by Gasteiger charge is -2.41. The van der Waals surface area contributed by atoms with Gasteiger partial charge in [0.1, 0.15) is 12.0 Å². The predicted octanol–water partition coefficient (Wildman–Crippen LogP) is 3.45. The summed E-state index contributed by atoms with van der Waals surface area (Å²) in [5.74, 6) is 0.0680. The largest absolute Gasteiger partial charge is 0.494 e. The Bertz CT molecular complexity index is 1120. The van der Waals surface area contributed by atoms with Gasteiger partial charge in [-0.15, -0.1) is 0 Å². The van der Waals surface area contributed by atoms with Crippen LogP contribution in [0.1, 0.15) is 48.1 Å². The molecule has 0 bridgehead atoms. The summed E-state index contributed by atoms with van der Waals surface area (Å²) >= 11 is 0. The van der Waals surface area contributed by atoms with Gasteiger partial charge >= 0.3 is 0 Å². The topological polar surface area (TPSA) is 95.7 Å². The average Bonchev–Trinajstić information content (AvgIpc) is 3.34. The molecular formula is C23H27N5O3. The van der Waals surface area contributed by atoms with E-state index >= 15 is 0 Å². The van der Waals surface area contributed by atoms with Gasteiger partial charge in [0.15, 0.2) is 5.88 Å². The Morgan fingerprint density at radius 2 is 2.13 bits per heavy atom. The molecule has 2 fully saturated rings. The molecule has 0 aliphatic carbocycles. The highest BCUT2D eigenvalue weighted by atomic mass is 16.5. The van der Waals surface area contributed by atoms with Crippen LogP contribution in [-0.2, 0) is 4.74 Å². The molecule has 0 spiro atoms. The summed E-state index contributed by atoms with van der Waals surface area (Å²) in [6.45, 7) is 5.87. The number of nitrogens with one attached hydrogen (secondary N) is 1. The summed E-state index contributed by atoms with van der Waals surface area (Å²) in [7, 11) is 0. The average molecular weight is 422 g/mol. The number of hydrogen-bond donors (Lipinski definition) is 2. The molecule has 3 aromatic rings. The number of aromatic nitrogens is 3. The lowest BCUT2D eigenvalue weighted by atomic mass is 10.0. The molecule has 8 heteroatoms. The van der Waals surface area contributed by atoms with Crippen molar-refractivity contribution in [1.29, 1.82) is 0 Å². The minimum atomic E-state index is 0.0680. The van der Waals surface area contributed by atoms with Gasteiger partial charge in [0.25, 0.3) is 0 Å². The number of nitrogens with zero attached hydrogens (tertiary/aromatic N) is 4. The van der Waals surface area contributed by atoms with Gasteiger partial charge in [-0.05, 0) is 37.5 Å². The van der Waals surface area contributed by atoms with Gasteiger partial charge in [-0.1, -0.05) is 6.92 Å². The van der Waals surface area contributed by atoms with E-state index in [2.05, 4.69) is 15.0 Å². The number of carbonyl (C=O) groups excluding carboxylic acids is 1. The van der Waals surface area contributed by atoms with E-state index in [4.69, 9.17) is 9.73 Å². The number of likely N-dealkylation sites (tertiary alicyclic amines) is 1. The number of carbonyl (C=O) groups is 1. The predicted molar refractivity (Wildman–Crippen MR) is 119 cm³/mol. The first kappa shape index (κ1) is 20.0. The van der Waals surface area contributed by atoms with Crippen molar-refractivity contribution in [2.75, 3.05) is 26.3 Å². The van der Waals surface area contributed by atoms with Crippen LogP contribution in [0, 0.1) is 0 Å². The number of ether oxygens (including phenoxy) is 1. The van der Waals surface area contributed by atoms with Gasteiger partial charge in [0.05, 0.1) is 49.0 Å². The number of hydrogen-bond acceptors (Lipinski definition) is 6. The van der Waals surface area contributed by atoms with Crippen LogP contribution in [0.25, 0.3) is 10.9 Å². The van der Waals surface area contributed by atoms with E-state index < -0.39 is 0 Å². The second-order valence-electron chi connectivity index (χ2n) is 8.32. The van der Waals surface area contributed by atoms with Crippen LogP contribution >= 0.6 is 0 Å². The normalized spacial score (nSPS) is 19.1. The SMILES string of the molecule is CCC(=Nc1cnn(C2CCN(C3COC3)CC2)c1)c1c(O)[nH]c2ccc(C=O)cc12. The van der Waals surface area contributed by atoms with Crippen molar-refractivity contribution in [3.8, 4) is 5.88 Å². The lowest BCUT2D eigenvalue weighted by molar-refractivity contribution is -0.0734. The van der Waals surface area contributed by atoms with Crippen molar-refractivity contribution >= 4 is 28.6 Å². The Balaban J connectivity index is 1.38. The van der Waals surface area contributed by atoms with Crippen LogP contribution in [0.2, 0.25) is 0 Å². The van der Waals surface area contributed by atoms with Gasteiger partial charge < -0.3 is 14.8 Å². The van der Waals surface area contributed by atoms with E-state index in [1.54, 1.807) is 24.4 Å². The monoisotopic (exact) mass is 421 g/mol. The van der Waals surface area contributed by atoms with E-state index in [1.807, 2.05) is 17.8 Å². The minimum Gasteiger partial charge on any atom is -0.494 e. The third-order valence-corrected chi connectivity index (χ3v) is 6.42. The van der Waals surface area contributed by atoms with Crippen LogP contribution in [0.4, 0.5) is 5.69 Å². The fourth-order valence-electron chi connectivity index (χ4n) is 4.56. The molecule has 0 radical (unpaired) electrons. The lowest BCUT2D eigenvalue weighted by Crippen LogP contribution is -2.51. The van der Waals surface area contributed by atoms with Crippen molar-refractivity contribution in [3.63, 3.8) is 0 Å². The van der Waals surface area contributed by atoms with E-state index in [1.165, 1.54) is 0 Å². The molecule has 31 heavy (non-hydrogen) atoms. The van der Waals surface area contributed by atoms with E-state index in [9.17, 15) is 9.90 Å². The summed E-state index contributed by atoms with van der Waals surface area (Å²) in [5.41, 5.74) is 3.51. The number of aromatic hydroxyl groups is 1. The Kier molecular flexibility index (Phi) is 5.33. The van der Waals surface area contributed by atoms with E-state index in [0.717, 1.165) is 67.7 Å². The zero-order valence-electron chi connectivity index (χ0n) is 17.6. The molecule has 162 valence electrons. The molecule has 2 N–H and O–H groups in total. The number of aromatic amines is 1. The first-order valence-electron chi connectivity index (χ1n) is 10.9. The van der Waals surface area contributed by atoms with E-state index in [0.29, 0.717) is 29.6 Å². The van der Waals surface area contributed by atoms with Crippen molar-refractivity contribution in [2.45, 2.75) is 38.3 Å². The fourth-order valence-corrected chi connectivity index (χ4v) is 4.56. The minimum absolute atomic E-state index is 0.0680. The highest BCUT2D eigenvalue weighted by molar-refractivity contribution is 6.14. The Morgan fingerprint density at radius 1 is 1.32 bits per heavy atom. The number of piperidine rings is 1. The van der Waals surface area contributed by atoms with Gasteiger partial charge in [0, 0.05) is 29.6 Å². The molecule has 2 aliphatic rings. The standard InChI is InChI=1S/C23H27N5O3/c1-2-20(22-19-9-15(12-29)3-4-21(19)26-23(22)30)25-16-10-24-28(11-16)17-5-7-27(8-6-17)18-13-31-14-18/h3-4,9-12,17-18,26,30H,2,5-8,13-14H2,1H3. The quantitative estimate of drug-likeness (QED) is 0.469. The smallest absolute Gasteiger partial charge is 0.198 e. The third kappa shape index (κ3) is 3.77. The molecule has 5 rings (SSSR count). The third-order valence-electron chi connectivity index (χ3n) is 6.42. The first-order chi connectivity index (χ1) is 15.2. The van der Waals surface area contributed by atoms with Crippen LogP contribution in [0.15, 0.2) is 35.6 Å². The van der Waals surface area contributed by atoms with Gasteiger partial charge in [-0.25, -0.2) is 4.99 Å².